The first-order valence-electron chi connectivity index (χ1n) is 6.91. The molecule has 1 aromatic rings. The smallest absolute Gasteiger partial charge is 0.313 e. The highest BCUT2D eigenvalue weighted by molar-refractivity contribution is 7.99. The molecule has 1 aliphatic rings. The van der Waals surface area contributed by atoms with E-state index in [9.17, 15) is 13.2 Å². The number of carboxylic acids is 1. The van der Waals surface area contributed by atoms with Gasteiger partial charge < -0.3 is 9.67 Å². The fourth-order valence-corrected chi connectivity index (χ4v) is 4.92. The molecule has 1 atom stereocenters. The number of aliphatic carboxylic acids is 1. The second-order valence-electron chi connectivity index (χ2n) is 5.11. The normalized spacial score (nSPS) is 21.3. The molecule has 1 aromatic heterocycles. The molecule has 2 rings (SSSR count). The van der Waals surface area contributed by atoms with Crippen molar-refractivity contribution >= 4 is 27.6 Å². The Morgan fingerprint density at radius 3 is 2.86 bits per heavy atom. The van der Waals surface area contributed by atoms with Gasteiger partial charge in [0.05, 0.1) is 23.3 Å². The predicted octanol–water partition coefficient (Wildman–Crippen LogP) is 1.16. The first kappa shape index (κ1) is 16.3. The average Bonchev–Trinajstić information content (AvgIpc) is 2.78. The van der Waals surface area contributed by atoms with Gasteiger partial charge in [0, 0.05) is 6.42 Å². The maximum Gasteiger partial charge on any atom is 0.313 e. The van der Waals surface area contributed by atoms with Crippen LogP contribution in [0.4, 0.5) is 0 Å². The van der Waals surface area contributed by atoms with E-state index in [0.717, 1.165) is 30.4 Å². The molecule has 0 bridgehead atoms. The van der Waals surface area contributed by atoms with Crippen molar-refractivity contribution in [3.05, 3.63) is 5.82 Å². The summed E-state index contributed by atoms with van der Waals surface area (Å²) < 4.78 is 25.5. The summed E-state index contributed by atoms with van der Waals surface area (Å²) in [6, 6.07) is -0.184. The number of aromatic nitrogens is 3. The number of thioether (sulfide) groups is 1. The molecule has 1 N–H and O–H groups in total. The molecule has 0 saturated carbocycles. The molecule has 2 heterocycles. The predicted molar refractivity (Wildman–Crippen MR) is 79.3 cm³/mol. The van der Waals surface area contributed by atoms with Crippen molar-refractivity contribution in [1.29, 1.82) is 0 Å². The molecule has 1 saturated heterocycles. The molecule has 0 amide bonds. The number of aryl methyl sites for hydroxylation is 1. The Kier molecular flexibility index (Phi) is 5.26. The standard InChI is InChI=1S/C12H19N3O4S2/c1-2-4-10-13-14-12(20-7-11(16)17)15(10)9-5-3-6-21(18,19)8-9/h9H,2-8H2,1H3,(H,16,17). The Labute approximate surface area is 128 Å². The summed E-state index contributed by atoms with van der Waals surface area (Å²) in [5.74, 6) is 0.0219. The van der Waals surface area contributed by atoms with Gasteiger partial charge in [-0.1, -0.05) is 18.7 Å². The van der Waals surface area contributed by atoms with Crippen molar-refractivity contribution in [2.75, 3.05) is 17.3 Å². The number of carboxylic acid groups (broad SMARTS) is 1. The van der Waals surface area contributed by atoms with E-state index in [1.54, 1.807) is 0 Å². The van der Waals surface area contributed by atoms with Gasteiger partial charge >= 0.3 is 5.97 Å². The van der Waals surface area contributed by atoms with Crippen molar-refractivity contribution in [3.63, 3.8) is 0 Å². The van der Waals surface area contributed by atoms with E-state index < -0.39 is 15.8 Å². The Bertz CT molecular complexity index is 612. The van der Waals surface area contributed by atoms with E-state index in [4.69, 9.17) is 5.11 Å². The van der Waals surface area contributed by atoms with Crippen LogP contribution in [0.5, 0.6) is 0 Å². The Balaban J connectivity index is 2.29. The van der Waals surface area contributed by atoms with Crippen LogP contribution in [-0.4, -0.2) is 51.5 Å². The van der Waals surface area contributed by atoms with Crippen LogP contribution in [-0.2, 0) is 21.1 Å². The van der Waals surface area contributed by atoms with Crippen molar-refractivity contribution in [2.45, 2.75) is 43.8 Å². The average molecular weight is 333 g/mol. The summed E-state index contributed by atoms with van der Waals surface area (Å²) in [6.07, 6.45) is 2.97. The first-order chi connectivity index (χ1) is 9.93. The van der Waals surface area contributed by atoms with Crippen LogP contribution in [0.15, 0.2) is 5.16 Å². The van der Waals surface area contributed by atoms with Gasteiger partial charge in [-0.15, -0.1) is 10.2 Å². The summed E-state index contributed by atoms with van der Waals surface area (Å²) in [5.41, 5.74) is 0. The van der Waals surface area contributed by atoms with Crippen molar-refractivity contribution < 1.29 is 18.3 Å². The largest absolute Gasteiger partial charge is 0.481 e. The van der Waals surface area contributed by atoms with Gasteiger partial charge in [-0.2, -0.15) is 0 Å². The zero-order chi connectivity index (χ0) is 15.5. The highest BCUT2D eigenvalue weighted by atomic mass is 32.2. The molecule has 0 aromatic carbocycles. The number of sulfone groups is 1. The van der Waals surface area contributed by atoms with Crippen molar-refractivity contribution in [1.82, 2.24) is 14.8 Å². The van der Waals surface area contributed by atoms with E-state index in [1.807, 2.05) is 11.5 Å². The Hall–Kier alpha value is -1.09. The van der Waals surface area contributed by atoms with Gasteiger partial charge in [0.25, 0.3) is 0 Å². The molecule has 7 nitrogen and oxygen atoms in total. The lowest BCUT2D eigenvalue weighted by Crippen LogP contribution is -2.29. The summed E-state index contributed by atoms with van der Waals surface area (Å²) >= 11 is 1.09. The van der Waals surface area contributed by atoms with Gasteiger partial charge in [0.1, 0.15) is 5.82 Å². The minimum atomic E-state index is -3.04. The number of carbonyl (C=O) groups is 1. The van der Waals surface area contributed by atoms with Crippen LogP contribution in [0.3, 0.4) is 0 Å². The lowest BCUT2D eigenvalue weighted by molar-refractivity contribution is -0.133. The maximum absolute atomic E-state index is 11.8. The number of hydrogen-bond donors (Lipinski definition) is 1. The molecule has 0 aliphatic carbocycles. The second kappa shape index (κ2) is 6.78. The van der Waals surface area contributed by atoms with Gasteiger partial charge in [0.2, 0.25) is 0 Å². The van der Waals surface area contributed by atoms with E-state index >= 15 is 0 Å². The minimum Gasteiger partial charge on any atom is -0.481 e. The molecule has 0 radical (unpaired) electrons. The highest BCUT2D eigenvalue weighted by Gasteiger charge is 2.29. The Morgan fingerprint density at radius 2 is 2.24 bits per heavy atom. The number of nitrogens with zero attached hydrogens (tertiary/aromatic N) is 3. The molecule has 0 spiro atoms. The van der Waals surface area contributed by atoms with E-state index in [2.05, 4.69) is 10.2 Å². The van der Waals surface area contributed by atoms with Crippen LogP contribution in [0.2, 0.25) is 0 Å². The van der Waals surface area contributed by atoms with E-state index in [1.165, 1.54) is 0 Å². The summed E-state index contributed by atoms with van der Waals surface area (Å²) in [4.78, 5) is 10.7. The Morgan fingerprint density at radius 1 is 1.48 bits per heavy atom. The third kappa shape index (κ3) is 4.19. The molecule has 118 valence electrons. The van der Waals surface area contributed by atoms with Crippen LogP contribution in [0.25, 0.3) is 0 Å². The van der Waals surface area contributed by atoms with E-state index in [-0.39, 0.29) is 23.3 Å². The molecule has 9 heteroatoms. The first-order valence-corrected chi connectivity index (χ1v) is 9.72. The zero-order valence-electron chi connectivity index (χ0n) is 11.9. The molecule has 21 heavy (non-hydrogen) atoms. The summed E-state index contributed by atoms with van der Waals surface area (Å²) in [5, 5.41) is 17.5. The third-order valence-electron chi connectivity index (χ3n) is 3.34. The van der Waals surface area contributed by atoms with Crippen LogP contribution < -0.4 is 0 Å². The van der Waals surface area contributed by atoms with Gasteiger partial charge in [-0.25, -0.2) is 8.42 Å². The van der Waals surface area contributed by atoms with E-state index in [0.29, 0.717) is 18.0 Å². The van der Waals surface area contributed by atoms with Crippen LogP contribution >= 0.6 is 11.8 Å². The molecule has 1 aliphatic heterocycles. The third-order valence-corrected chi connectivity index (χ3v) is 6.07. The maximum atomic E-state index is 11.8. The molecular formula is C12H19N3O4S2. The lowest BCUT2D eigenvalue weighted by atomic mass is 10.2. The highest BCUT2D eigenvalue weighted by Crippen LogP contribution is 2.29. The fourth-order valence-electron chi connectivity index (χ4n) is 2.50. The SMILES string of the molecule is CCCc1nnc(SCC(=O)O)n1C1CCCS(=O)(=O)C1. The van der Waals surface area contributed by atoms with Crippen molar-refractivity contribution in [3.8, 4) is 0 Å². The molecule has 1 fully saturated rings. The van der Waals surface area contributed by atoms with Gasteiger partial charge in [-0.05, 0) is 19.3 Å². The van der Waals surface area contributed by atoms with Crippen LogP contribution in [0.1, 0.15) is 38.1 Å². The minimum absolute atomic E-state index is 0.0857. The van der Waals surface area contributed by atoms with Crippen molar-refractivity contribution in [2.24, 2.45) is 0 Å². The van der Waals surface area contributed by atoms with Gasteiger partial charge in [-0.3, -0.25) is 4.79 Å². The summed E-state index contributed by atoms with van der Waals surface area (Å²) in [6.45, 7) is 2.01. The van der Waals surface area contributed by atoms with Gasteiger partial charge in [0.15, 0.2) is 15.0 Å². The fraction of sp³-hybridized carbons (Fsp3) is 0.750. The molecular weight excluding hydrogens is 314 g/mol. The summed E-state index contributed by atoms with van der Waals surface area (Å²) in [7, 11) is -3.04. The second-order valence-corrected chi connectivity index (χ2v) is 8.28. The topological polar surface area (TPSA) is 102 Å². The zero-order valence-corrected chi connectivity index (χ0v) is 13.5. The monoisotopic (exact) mass is 333 g/mol. The quantitative estimate of drug-likeness (QED) is 0.779. The van der Waals surface area contributed by atoms with Crippen LogP contribution in [0, 0.1) is 0 Å². The number of hydrogen-bond acceptors (Lipinski definition) is 6. The molecule has 1 unspecified atom stereocenters. The number of rotatable bonds is 6. The lowest BCUT2D eigenvalue weighted by Gasteiger charge is -2.25.